The van der Waals surface area contributed by atoms with E-state index in [1.165, 1.54) is 12.1 Å². The van der Waals surface area contributed by atoms with Gasteiger partial charge in [0.2, 0.25) is 0 Å². The normalized spacial score (nSPS) is 13.2. The summed E-state index contributed by atoms with van der Waals surface area (Å²) in [7, 11) is -3.52. The Kier molecular flexibility index (Phi) is 7.99. The summed E-state index contributed by atoms with van der Waals surface area (Å²) in [6, 6.07) is 16.5. The van der Waals surface area contributed by atoms with Gasteiger partial charge in [-0.2, -0.15) is 0 Å². The molecule has 4 rings (SSSR count). The molecule has 0 aliphatic heterocycles. The van der Waals surface area contributed by atoms with E-state index in [1.807, 2.05) is 6.07 Å². The van der Waals surface area contributed by atoms with E-state index in [2.05, 4.69) is 10.3 Å². The highest BCUT2D eigenvalue weighted by Gasteiger charge is 2.29. The highest BCUT2D eigenvalue weighted by atomic mass is 35.5. The molecule has 0 bridgehead atoms. The summed E-state index contributed by atoms with van der Waals surface area (Å²) in [5.74, 6) is -2.61. The van der Waals surface area contributed by atoms with Crippen molar-refractivity contribution in [1.82, 2.24) is 10.3 Å². The van der Waals surface area contributed by atoms with Crippen molar-refractivity contribution in [1.29, 1.82) is 0 Å². The van der Waals surface area contributed by atoms with Crippen molar-refractivity contribution in [3.8, 4) is 11.3 Å². The van der Waals surface area contributed by atoms with Gasteiger partial charge in [-0.15, -0.1) is 0 Å². The average molecular weight is 592 g/mol. The van der Waals surface area contributed by atoms with E-state index in [0.29, 0.717) is 32.4 Å². The minimum Gasteiger partial charge on any atom is -0.480 e. The molecule has 2 atom stereocenters. The van der Waals surface area contributed by atoms with Gasteiger partial charge in [0.15, 0.2) is 9.84 Å². The summed E-state index contributed by atoms with van der Waals surface area (Å²) in [5.41, 5.74) is 2.50. The van der Waals surface area contributed by atoms with Crippen LogP contribution in [-0.4, -0.2) is 42.7 Å². The number of nitrogens with zero attached hydrogens (tertiary/aromatic N) is 1. The van der Waals surface area contributed by atoms with Crippen molar-refractivity contribution >= 4 is 67.4 Å². The molecule has 2 N–H and O–H groups in total. The van der Waals surface area contributed by atoms with Crippen LogP contribution in [0.2, 0.25) is 15.1 Å². The second-order valence-electron chi connectivity index (χ2n) is 8.74. The molecule has 1 heterocycles. The largest absolute Gasteiger partial charge is 0.480 e. The number of hydrogen-bond acceptors (Lipinski definition) is 5. The quantitative estimate of drug-likeness (QED) is 0.263. The second-order valence-corrected chi connectivity index (χ2v) is 12.0. The number of carbonyl (C=O) groups excluding carboxylic acids is 1. The Labute approximate surface area is 234 Å². The van der Waals surface area contributed by atoms with Gasteiger partial charge in [0, 0.05) is 23.1 Å². The van der Waals surface area contributed by atoms with Crippen LogP contribution >= 0.6 is 34.8 Å². The van der Waals surface area contributed by atoms with Crippen LogP contribution in [0, 0.1) is 0 Å². The number of benzene rings is 3. The fraction of sp³-hybridized carbons (Fsp3) is 0.148. The highest BCUT2D eigenvalue weighted by molar-refractivity contribution is 7.90. The summed E-state index contributed by atoms with van der Waals surface area (Å²) in [6.07, 6.45) is 1.02. The third kappa shape index (κ3) is 5.78. The molecule has 11 heteroatoms. The first-order chi connectivity index (χ1) is 17.9. The molecule has 0 aliphatic rings. The third-order valence-corrected chi connectivity index (χ3v) is 8.18. The number of aromatic nitrogens is 1. The second kappa shape index (κ2) is 10.9. The van der Waals surface area contributed by atoms with Crippen LogP contribution in [0.4, 0.5) is 0 Å². The number of nitrogens with one attached hydrogen (secondary N) is 1. The molecule has 0 spiro atoms. The molecular formula is C27H21Cl3N2O5S. The van der Waals surface area contributed by atoms with Crippen molar-refractivity contribution < 1.29 is 23.1 Å². The van der Waals surface area contributed by atoms with E-state index in [0.717, 1.165) is 17.7 Å². The summed E-state index contributed by atoms with van der Waals surface area (Å²) >= 11 is 18.8. The molecule has 3 aromatic carbocycles. The van der Waals surface area contributed by atoms with Crippen LogP contribution in [0.15, 0.2) is 71.6 Å². The van der Waals surface area contributed by atoms with Crippen molar-refractivity contribution in [3.63, 3.8) is 0 Å². The lowest BCUT2D eigenvalue weighted by atomic mass is 9.91. The Morgan fingerprint density at radius 2 is 1.61 bits per heavy atom. The first-order valence-electron chi connectivity index (χ1n) is 11.2. The number of carboxylic acid groups (broad SMARTS) is 1. The molecule has 7 nitrogen and oxygen atoms in total. The molecule has 1 amide bonds. The van der Waals surface area contributed by atoms with Gasteiger partial charge in [0.25, 0.3) is 5.91 Å². The minimum atomic E-state index is -3.52. The van der Waals surface area contributed by atoms with E-state index in [-0.39, 0.29) is 15.5 Å². The van der Waals surface area contributed by atoms with Gasteiger partial charge in [0.1, 0.15) is 6.04 Å². The zero-order chi connectivity index (χ0) is 27.8. The Balaban J connectivity index is 1.61. The van der Waals surface area contributed by atoms with E-state index in [4.69, 9.17) is 34.8 Å². The molecule has 0 aliphatic carbocycles. The Hall–Kier alpha value is -3.17. The summed E-state index contributed by atoms with van der Waals surface area (Å²) in [5, 5.41) is 14.0. The van der Waals surface area contributed by atoms with E-state index in [9.17, 15) is 23.1 Å². The van der Waals surface area contributed by atoms with E-state index < -0.39 is 33.7 Å². The summed E-state index contributed by atoms with van der Waals surface area (Å²) < 4.78 is 23.5. The predicted molar refractivity (Wildman–Crippen MR) is 149 cm³/mol. The Bertz CT molecular complexity index is 1670. The molecule has 38 heavy (non-hydrogen) atoms. The first-order valence-corrected chi connectivity index (χ1v) is 14.3. The summed E-state index contributed by atoms with van der Waals surface area (Å²) in [4.78, 5) is 29.6. The lowest BCUT2D eigenvalue weighted by Crippen LogP contribution is -2.44. The molecule has 1 unspecified atom stereocenters. The number of amides is 1. The maximum Gasteiger partial charge on any atom is 0.326 e. The number of fused-ring (bicyclic) bond motifs is 1. The standard InChI is InChI=1S/C27H21Cl3N2O5S/c1-14(25(27(34)35)32-26(33)18-9-8-17(13-21(18)30)38(2,36)37)15-6-10-22-16(12-15)7-11-23(31-22)24-19(28)4-3-5-20(24)29/h3-14,25H,1-2H3,(H,32,33)(H,34,35)/t14?,25-/m0/s1. The molecule has 0 saturated carbocycles. The molecule has 0 saturated heterocycles. The number of aliphatic carboxylic acids is 1. The SMILES string of the molecule is CC(c1ccc2nc(-c3c(Cl)cccc3Cl)ccc2c1)[C@H](NC(=O)c1ccc(S(C)(=O)=O)cc1Cl)C(=O)O. The smallest absolute Gasteiger partial charge is 0.326 e. The number of sulfone groups is 1. The fourth-order valence-electron chi connectivity index (χ4n) is 4.03. The lowest BCUT2D eigenvalue weighted by Gasteiger charge is -2.22. The van der Waals surface area contributed by atoms with Gasteiger partial charge in [-0.25, -0.2) is 18.2 Å². The first kappa shape index (κ1) is 27.9. The Morgan fingerprint density at radius 1 is 0.921 bits per heavy atom. The molecule has 1 aromatic heterocycles. The van der Waals surface area contributed by atoms with Gasteiger partial charge >= 0.3 is 5.97 Å². The Morgan fingerprint density at radius 3 is 2.21 bits per heavy atom. The highest BCUT2D eigenvalue weighted by Crippen LogP contribution is 2.35. The van der Waals surface area contributed by atoms with Crippen LogP contribution in [0.5, 0.6) is 0 Å². The van der Waals surface area contributed by atoms with Gasteiger partial charge in [-0.05, 0) is 54.1 Å². The van der Waals surface area contributed by atoms with Crippen LogP contribution in [0.3, 0.4) is 0 Å². The van der Waals surface area contributed by atoms with Gasteiger partial charge < -0.3 is 10.4 Å². The monoisotopic (exact) mass is 590 g/mol. The zero-order valence-electron chi connectivity index (χ0n) is 20.1. The predicted octanol–water partition coefficient (Wildman–Crippen LogP) is 6.25. The number of carbonyl (C=O) groups is 2. The fourth-order valence-corrected chi connectivity index (χ4v) is 5.60. The topological polar surface area (TPSA) is 113 Å². The van der Waals surface area contributed by atoms with Crippen molar-refractivity contribution in [2.24, 2.45) is 0 Å². The lowest BCUT2D eigenvalue weighted by molar-refractivity contribution is -0.139. The number of pyridine rings is 1. The van der Waals surface area contributed by atoms with Crippen LogP contribution in [0.1, 0.15) is 28.8 Å². The number of halogens is 3. The van der Waals surface area contributed by atoms with Crippen molar-refractivity contribution in [3.05, 3.63) is 92.9 Å². The van der Waals surface area contributed by atoms with Crippen LogP contribution in [-0.2, 0) is 14.6 Å². The van der Waals surface area contributed by atoms with E-state index >= 15 is 0 Å². The van der Waals surface area contributed by atoms with Gasteiger partial charge in [-0.1, -0.05) is 59.9 Å². The molecule has 196 valence electrons. The number of carboxylic acids is 1. The molecule has 0 radical (unpaired) electrons. The van der Waals surface area contributed by atoms with E-state index in [1.54, 1.807) is 49.4 Å². The maximum absolute atomic E-state index is 12.9. The number of rotatable bonds is 7. The van der Waals surface area contributed by atoms with Gasteiger partial charge in [-0.3, -0.25) is 4.79 Å². The van der Waals surface area contributed by atoms with Crippen LogP contribution < -0.4 is 5.32 Å². The van der Waals surface area contributed by atoms with Crippen LogP contribution in [0.25, 0.3) is 22.2 Å². The average Bonchev–Trinajstić information content (AvgIpc) is 2.85. The zero-order valence-corrected chi connectivity index (χ0v) is 23.2. The minimum absolute atomic E-state index is 0.0361. The summed E-state index contributed by atoms with van der Waals surface area (Å²) in [6.45, 7) is 1.68. The molecule has 4 aromatic rings. The maximum atomic E-state index is 12.9. The van der Waals surface area contributed by atoms with Crippen molar-refractivity contribution in [2.45, 2.75) is 23.8 Å². The van der Waals surface area contributed by atoms with Crippen molar-refractivity contribution in [2.75, 3.05) is 6.26 Å². The number of hydrogen-bond donors (Lipinski definition) is 2. The third-order valence-electron chi connectivity index (χ3n) is 6.12. The molecule has 0 fully saturated rings. The van der Waals surface area contributed by atoms with Gasteiger partial charge in [0.05, 0.1) is 36.7 Å². The molecular weight excluding hydrogens is 571 g/mol.